The summed E-state index contributed by atoms with van der Waals surface area (Å²) in [4.78, 5) is 50.0. The van der Waals surface area contributed by atoms with Crippen molar-refractivity contribution in [1.82, 2.24) is 10.0 Å². The van der Waals surface area contributed by atoms with Crippen molar-refractivity contribution in [2.45, 2.75) is 31.8 Å². The molecule has 0 aromatic heterocycles. The molecule has 1 amide bonds. The van der Waals surface area contributed by atoms with Gasteiger partial charge in [0, 0.05) is 35.8 Å². The lowest BCUT2D eigenvalue weighted by Crippen LogP contribution is -2.58. The number of rotatable bonds is 8. The van der Waals surface area contributed by atoms with Crippen LogP contribution in [-0.4, -0.2) is 69.4 Å². The topological polar surface area (TPSA) is 104 Å². The van der Waals surface area contributed by atoms with Crippen molar-refractivity contribution in [3.63, 3.8) is 0 Å². The van der Waals surface area contributed by atoms with Gasteiger partial charge in [0.25, 0.3) is 0 Å². The molecule has 3 rings (SSSR count). The van der Waals surface area contributed by atoms with Crippen molar-refractivity contribution in [2.24, 2.45) is 0 Å². The van der Waals surface area contributed by atoms with Crippen LogP contribution in [0.3, 0.4) is 0 Å². The number of carbonyl (C=O) groups is 4. The summed E-state index contributed by atoms with van der Waals surface area (Å²) < 4.78 is 4.82. The summed E-state index contributed by atoms with van der Waals surface area (Å²) in [6.45, 7) is 1.34. The van der Waals surface area contributed by atoms with Gasteiger partial charge in [0.2, 0.25) is 5.91 Å². The minimum absolute atomic E-state index is 0.0219. The second kappa shape index (κ2) is 10.5. The molecule has 0 saturated carbocycles. The standard InChI is InChI=1S/C24H24N2O6S/c1-15(27)26(25-14-19(33)13-21(25)24(31)32-2)20(23(29)30)12-16-8-10-18(11-9-16)22(28)17-6-4-3-5-7-17/h3-11,20-21H,12-14H2,1-2H3,(H,29,30)/t20-,21-/m0/s1. The third-order valence-electron chi connectivity index (χ3n) is 5.45. The molecule has 1 aliphatic rings. The van der Waals surface area contributed by atoms with Crippen LogP contribution in [0.15, 0.2) is 54.6 Å². The number of thiocarbonyl (C=S) groups is 1. The highest BCUT2D eigenvalue weighted by Gasteiger charge is 2.43. The minimum atomic E-state index is -1.27. The number of nitrogens with zero attached hydrogens (tertiary/aromatic N) is 2. The van der Waals surface area contributed by atoms with Gasteiger partial charge in [-0.1, -0.05) is 66.8 Å². The first kappa shape index (κ1) is 24.2. The SMILES string of the molecule is COC(=O)[C@@H]1CC(=S)CN1N(C(C)=O)[C@@H](Cc1ccc(C(=O)c2ccccc2)cc1)C(=O)O. The molecule has 2 aromatic rings. The Morgan fingerprint density at radius 2 is 1.70 bits per heavy atom. The molecule has 0 aliphatic carbocycles. The highest BCUT2D eigenvalue weighted by atomic mass is 32.1. The Kier molecular flexibility index (Phi) is 7.67. The van der Waals surface area contributed by atoms with Gasteiger partial charge >= 0.3 is 11.9 Å². The molecule has 1 aliphatic heterocycles. The van der Waals surface area contributed by atoms with E-state index in [0.717, 1.165) is 5.01 Å². The van der Waals surface area contributed by atoms with Gasteiger partial charge < -0.3 is 9.84 Å². The average molecular weight is 469 g/mol. The Bertz CT molecular complexity index is 1070. The van der Waals surface area contributed by atoms with Crippen molar-refractivity contribution < 1.29 is 29.0 Å². The van der Waals surface area contributed by atoms with Gasteiger partial charge in [0.15, 0.2) is 5.78 Å². The molecule has 9 heteroatoms. The Hall–Kier alpha value is -3.43. The Balaban J connectivity index is 1.85. The number of hydrogen-bond acceptors (Lipinski definition) is 7. The third-order valence-corrected chi connectivity index (χ3v) is 5.75. The van der Waals surface area contributed by atoms with E-state index < -0.39 is 29.9 Å². The number of carboxylic acids is 1. The van der Waals surface area contributed by atoms with E-state index >= 15 is 0 Å². The summed E-state index contributed by atoms with van der Waals surface area (Å²) in [5.41, 5.74) is 1.64. The molecule has 172 valence electrons. The summed E-state index contributed by atoms with van der Waals surface area (Å²) in [5, 5.41) is 12.4. The molecule has 0 radical (unpaired) electrons. The first-order valence-electron chi connectivity index (χ1n) is 10.3. The predicted octanol–water partition coefficient (Wildman–Crippen LogP) is 2.29. The number of esters is 1. The Labute approximate surface area is 196 Å². The number of methoxy groups -OCH3 is 1. The molecule has 2 aromatic carbocycles. The Morgan fingerprint density at radius 3 is 2.24 bits per heavy atom. The van der Waals surface area contributed by atoms with E-state index in [2.05, 4.69) is 0 Å². The summed E-state index contributed by atoms with van der Waals surface area (Å²) >= 11 is 5.24. The summed E-state index contributed by atoms with van der Waals surface area (Å²) in [6, 6.07) is 13.3. The molecule has 2 atom stereocenters. The smallest absolute Gasteiger partial charge is 0.328 e. The third kappa shape index (κ3) is 5.50. The molecule has 1 saturated heterocycles. The number of carboxylic acid groups (broad SMARTS) is 1. The van der Waals surface area contributed by atoms with Gasteiger partial charge in [-0.25, -0.2) is 4.79 Å². The molecule has 8 nitrogen and oxygen atoms in total. The first-order chi connectivity index (χ1) is 15.7. The lowest BCUT2D eigenvalue weighted by molar-refractivity contribution is -0.175. The number of carbonyl (C=O) groups excluding carboxylic acids is 3. The molecular weight excluding hydrogens is 444 g/mol. The van der Waals surface area contributed by atoms with Gasteiger partial charge in [-0.15, -0.1) is 0 Å². The van der Waals surface area contributed by atoms with E-state index in [9.17, 15) is 24.3 Å². The highest BCUT2D eigenvalue weighted by Crippen LogP contribution is 2.24. The number of hydrazine groups is 1. The fourth-order valence-electron chi connectivity index (χ4n) is 3.87. The van der Waals surface area contributed by atoms with Crippen LogP contribution in [0.25, 0.3) is 0 Å². The van der Waals surface area contributed by atoms with Gasteiger partial charge in [-0.3, -0.25) is 19.4 Å². The maximum Gasteiger partial charge on any atom is 0.328 e. The summed E-state index contributed by atoms with van der Waals surface area (Å²) in [5.74, 6) is -2.49. The van der Waals surface area contributed by atoms with Crippen molar-refractivity contribution in [2.75, 3.05) is 13.7 Å². The van der Waals surface area contributed by atoms with Gasteiger partial charge in [0.05, 0.1) is 13.7 Å². The molecule has 33 heavy (non-hydrogen) atoms. The van der Waals surface area contributed by atoms with Crippen LogP contribution in [0.1, 0.15) is 34.8 Å². The quantitative estimate of drug-likeness (QED) is 0.358. The summed E-state index contributed by atoms with van der Waals surface area (Å²) in [7, 11) is 1.23. The zero-order chi connectivity index (χ0) is 24.1. The van der Waals surface area contributed by atoms with Crippen LogP contribution < -0.4 is 0 Å². The summed E-state index contributed by atoms with van der Waals surface area (Å²) in [6.07, 6.45) is 0.181. The van der Waals surface area contributed by atoms with E-state index in [1.807, 2.05) is 6.07 Å². The lowest BCUT2D eigenvalue weighted by atomic mass is 9.99. The second-order valence-electron chi connectivity index (χ2n) is 7.69. The van der Waals surface area contributed by atoms with Crippen LogP contribution in [-0.2, 0) is 25.5 Å². The fraction of sp³-hybridized carbons (Fsp3) is 0.292. The maximum atomic E-state index is 12.6. The van der Waals surface area contributed by atoms with Crippen LogP contribution in [0.5, 0.6) is 0 Å². The normalized spacial score (nSPS) is 16.8. The number of amides is 1. The average Bonchev–Trinajstić information content (AvgIpc) is 3.19. The van der Waals surface area contributed by atoms with Crippen LogP contribution in [0, 0.1) is 0 Å². The fourth-order valence-corrected chi connectivity index (χ4v) is 4.16. The van der Waals surface area contributed by atoms with Crippen LogP contribution in [0.4, 0.5) is 0 Å². The molecular formula is C24H24N2O6S. The van der Waals surface area contributed by atoms with E-state index in [4.69, 9.17) is 17.0 Å². The van der Waals surface area contributed by atoms with Crippen molar-refractivity contribution in [1.29, 1.82) is 0 Å². The number of benzene rings is 2. The van der Waals surface area contributed by atoms with E-state index in [0.29, 0.717) is 21.6 Å². The number of aliphatic carboxylic acids is 1. The number of hydrogen-bond donors (Lipinski definition) is 1. The van der Waals surface area contributed by atoms with E-state index in [-0.39, 0.29) is 25.2 Å². The zero-order valence-electron chi connectivity index (χ0n) is 18.3. The predicted molar refractivity (Wildman–Crippen MR) is 124 cm³/mol. The number of ether oxygens (including phenoxy) is 1. The molecule has 1 heterocycles. The monoisotopic (exact) mass is 468 g/mol. The molecule has 0 unspecified atom stereocenters. The van der Waals surface area contributed by atoms with E-state index in [1.165, 1.54) is 19.0 Å². The largest absolute Gasteiger partial charge is 0.480 e. The first-order valence-corrected chi connectivity index (χ1v) is 10.7. The molecule has 0 bridgehead atoms. The minimum Gasteiger partial charge on any atom is -0.480 e. The van der Waals surface area contributed by atoms with Gasteiger partial charge in [-0.05, 0) is 5.56 Å². The molecule has 1 N–H and O–H groups in total. The molecule has 1 fully saturated rings. The molecule has 0 spiro atoms. The van der Waals surface area contributed by atoms with Crippen LogP contribution in [0.2, 0.25) is 0 Å². The van der Waals surface area contributed by atoms with Crippen molar-refractivity contribution in [3.05, 3.63) is 71.3 Å². The number of ketones is 1. The van der Waals surface area contributed by atoms with Crippen molar-refractivity contribution >= 4 is 40.7 Å². The van der Waals surface area contributed by atoms with Gasteiger partial charge in [0.1, 0.15) is 12.1 Å². The van der Waals surface area contributed by atoms with Gasteiger partial charge in [-0.2, -0.15) is 5.01 Å². The Morgan fingerprint density at radius 1 is 1.09 bits per heavy atom. The van der Waals surface area contributed by atoms with E-state index in [1.54, 1.807) is 48.5 Å². The lowest BCUT2D eigenvalue weighted by Gasteiger charge is -2.37. The highest BCUT2D eigenvalue weighted by molar-refractivity contribution is 7.80. The zero-order valence-corrected chi connectivity index (χ0v) is 19.1. The van der Waals surface area contributed by atoms with Crippen LogP contribution >= 0.6 is 12.2 Å². The maximum absolute atomic E-state index is 12.6. The van der Waals surface area contributed by atoms with Crippen molar-refractivity contribution in [3.8, 4) is 0 Å². The second-order valence-corrected chi connectivity index (χ2v) is 8.27.